The number of nitrogens with zero attached hydrogens (tertiary/aromatic N) is 3. The Labute approximate surface area is 183 Å². The molecule has 3 rings (SSSR count). The number of rotatable bonds is 7. The van der Waals surface area contributed by atoms with Gasteiger partial charge in [0.1, 0.15) is 0 Å². The predicted molar refractivity (Wildman–Crippen MR) is 121 cm³/mol. The molecule has 0 spiro atoms. The molecule has 2 heterocycles. The Hall–Kier alpha value is -2.12. The van der Waals surface area contributed by atoms with Crippen molar-refractivity contribution in [1.29, 1.82) is 0 Å². The van der Waals surface area contributed by atoms with E-state index in [1.807, 2.05) is 30.0 Å². The van der Waals surface area contributed by atoms with Gasteiger partial charge in [0.2, 0.25) is 5.91 Å². The molecule has 0 saturated carbocycles. The van der Waals surface area contributed by atoms with Crippen molar-refractivity contribution < 1.29 is 14.3 Å². The molecule has 164 valence electrons. The first-order valence-electron chi connectivity index (χ1n) is 10.5. The van der Waals surface area contributed by atoms with Crippen molar-refractivity contribution in [3.63, 3.8) is 0 Å². The van der Waals surface area contributed by atoms with Crippen molar-refractivity contribution in [2.45, 2.75) is 46.1 Å². The fraction of sp³-hybridized carbons (Fsp3) is 0.565. The molecule has 0 atom stereocenters. The maximum Gasteiger partial charge on any atom is 0.226 e. The summed E-state index contributed by atoms with van der Waals surface area (Å²) in [4.78, 5) is 21.7. The maximum absolute atomic E-state index is 12.6. The molecule has 1 saturated heterocycles. The van der Waals surface area contributed by atoms with Crippen molar-refractivity contribution in [3.05, 3.63) is 39.8 Å². The molecule has 2 aromatic rings. The first-order valence-corrected chi connectivity index (χ1v) is 11.4. The SMILES string of the molecule is COc1cc(C)ccc1OCCC(=O)N1CCN(Cc2csc(C(C)(C)C)n2)CC1. The Bertz CT molecular complexity index is 852. The fourth-order valence-corrected chi connectivity index (χ4v) is 4.31. The number of carbonyl (C=O) groups excluding carboxylic acids is 1. The number of amides is 1. The van der Waals surface area contributed by atoms with Crippen molar-refractivity contribution in [3.8, 4) is 11.5 Å². The van der Waals surface area contributed by atoms with Crippen LogP contribution in [0.3, 0.4) is 0 Å². The average molecular weight is 432 g/mol. The van der Waals surface area contributed by atoms with Crippen LogP contribution in [0.1, 0.15) is 43.5 Å². The molecule has 1 aromatic carbocycles. The highest BCUT2D eigenvalue weighted by Gasteiger charge is 2.23. The summed E-state index contributed by atoms with van der Waals surface area (Å²) >= 11 is 1.74. The maximum atomic E-state index is 12.6. The van der Waals surface area contributed by atoms with E-state index in [1.165, 1.54) is 5.01 Å². The summed E-state index contributed by atoms with van der Waals surface area (Å²) in [6, 6.07) is 5.80. The molecule has 0 radical (unpaired) electrons. The molecule has 1 aliphatic rings. The number of thiazole rings is 1. The Morgan fingerprint density at radius 3 is 2.53 bits per heavy atom. The van der Waals surface area contributed by atoms with Gasteiger partial charge in [-0.2, -0.15) is 0 Å². The fourth-order valence-electron chi connectivity index (χ4n) is 3.41. The number of hydrogen-bond acceptors (Lipinski definition) is 6. The molecule has 7 heteroatoms. The Kier molecular flexibility index (Phi) is 7.36. The molecular formula is C23H33N3O3S. The van der Waals surface area contributed by atoms with Crippen molar-refractivity contribution in [1.82, 2.24) is 14.8 Å². The summed E-state index contributed by atoms with van der Waals surface area (Å²) in [6.45, 7) is 13.1. The number of hydrogen-bond donors (Lipinski definition) is 0. The van der Waals surface area contributed by atoms with Crippen molar-refractivity contribution in [2.24, 2.45) is 0 Å². The third-order valence-corrected chi connectivity index (χ3v) is 6.51. The van der Waals surface area contributed by atoms with E-state index >= 15 is 0 Å². The minimum atomic E-state index is 0.0959. The zero-order valence-corrected chi connectivity index (χ0v) is 19.6. The van der Waals surface area contributed by atoms with E-state index in [4.69, 9.17) is 14.5 Å². The first kappa shape index (κ1) is 22.6. The summed E-state index contributed by atoms with van der Waals surface area (Å²) in [6.07, 6.45) is 0.373. The molecule has 1 amide bonds. The van der Waals surface area contributed by atoms with Crippen LogP contribution in [0.2, 0.25) is 0 Å². The van der Waals surface area contributed by atoms with Crippen LogP contribution in [0.25, 0.3) is 0 Å². The Balaban J connectivity index is 1.41. The second-order valence-electron chi connectivity index (χ2n) is 8.80. The summed E-state index contributed by atoms with van der Waals surface area (Å²) in [5.41, 5.74) is 2.34. The quantitative estimate of drug-likeness (QED) is 0.666. The van der Waals surface area contributed by atoms with Gasteiger partial charge >= 0.3 is 0 Å². The van der Waals surface area contributed by atoms with E-state index in [1.54, 1.807) is 18.4 Å². The van der Waals surface area contributed by atoms with E-state index in [9.17, 15) is 4.79 Å². The average Bonchev–Trinajstić information content (AvgIpc) is 3.18. The topological polar surface area (TPSA) is 54.9 Å². The highest BCUT2D eigenvalue weighted by Crippen LogP contribution is 2.28. The minimum absolute atomic E-state index is 0.0959. The molecule has 0 unspecified atom stereocenters. The largest absolute Gasteiger partial charge is 0.493 e. The van der Waals surface area contributed by atoms with Gasteiger partial charge in [-0.3, -0.25) is 9.69 Å². The molecule has 1 aliphatic heterocycles. The van der Waals surface area contributed by atoms with Crippen LogP contribution >= 0.6 is 11.3 Å². The number of piperazine rings is 1. The minimum Gasteiger partial charge on any atom is -0.493 e. The smallest absolute Gasteiger partial charge is 0.226 e. The number of aryl methyl sites for hydroxylation is 1. The predicted octanol–water partition coefficient (Wildman–Crippen LogP) is 3.87. The van der Waals surface area contributed by atoms with Gasteiger partial charge in [0, 0.05) is 43.5 Å². The first-order chi connectivity index (χ1) is 14.3. The highest BCUT2D eigenvalue weighted by molar-refractivity contribution is 7.09. The Morgan fingerprint density at radius 1 is 1.17 bits per heavy atom. The number of ether oxygens (including phenoxy) is 2. The van der Waals surface area contributed by atoms with Crippen LogP contribution in [0.15, 0.2) is 23.6 Å². The number of benzene rings is 1. The number of carbonyl (C=O) groups is 1. The summed E-state index contributed by atoms with van der Waals surface area (Å²) in [5.74, 6) is 1.52. The molecule has 6 nitrogen and oxygen atoms in total. The number of methoxy groups -OCH3 is 1. The standard InChI is InChI=1S/C23H33N3O3S/c1-17-6-7-19(20(14-17)28-5)29-13-8-21(27)26-11-9-25(10-12-26)15-18-16-30-22(24-18)23(2,3)4/h6-7,14,16H,8-13,15H2,1-5H3. The lowest BCUT2D eigenvalue weighted by Gasteiger charge is -2.34. The van der Waals surface area contributed by atoms with E-state index < -0.39 is 0 Å². The van der Waals surface area contributed by atoms with Gasteiger partial charge in [0.25, 0.3) is 0 Å². The van der Waals surface area contributed by atoms with Crippen LogP contribution < -0.4 is 9.47 Å². The molecule has 0 aliphatic carbocycles. The third kappa shape index (κ3) is 5.95. The second kappa shape index (κ2) is 9.79. The molecule has 1 fully saturated rings. The normalized spacial score (nSPS) is 15.3. The lowest BCUT2D eigenvalue weighted by Crippen LogP contribution is -2.48. The molecule has 30 heavy (non-hydrogen) atoms. The van der Waals surface area contributed by atoms with Gasteiger partial charge in [0.05, 0.1) is 30.8 Å². The lowest BCUT2D eigenvalue weighted by molar-refractivity contribution is -0.133. The second-order valence-corrected chi connectivity index (χ2v) is 9.66. The van der Waals surface area contributed by atoms with Crippen LogP contribution in [-0.2, 0) is 16.8 Å². The zero-order valence-electron chi connectivity index (χ0n) is 18.7. The van der Waals surface area contributed by atoms with Gasteiger partial charge < -0.3 is 14.4 Å². The van der Waals surface area contributed by atoms with E-state index in [-0.39, 0.29) is 11.3 Å². The Morgan fingerprint density at radius 2 is 1.90 bits per heavy atom. The van der Waals surface area contributed by atoms with Gasteiger partial charge in [-0.25, -0.2) is 4.98 Å². The highest BCUT2D eigenvalue weighted by atomic mass is 32.1. The van der Waals surface area contributed by atoms with Crippen LogP contribution in [0, 0.1) is 6.92 Å². The molecule has 0 N–H and O–H groups in total. The van der Waals surface area contributed by atoms with Crippen LogP contribution in [0.4, 0.5) is 0 Å². The van der Waals surface area contributed by atoms with Gasteiger partial charge in [0.15, 0.2) is 11.5 Å². The van der Waals surface area contributed by atoms with E-state index in [0.29, 0.717) is 24.5 Å². The van der Waals surface area contributed by atoms with E-state index in [2.05, 4.69) is 31.1 Å². The monoisotopic (exact) mass is 431 g/mol. The van der Waals surface area contributed by atoms with Gasteiger partial charge in [-0.15, -0.1) is 11.3 Å². The summed E-state index contributed by atoms with van der Waals surface area (Å²) in [5, 5.41) is 3.34. The van der Waals surface area contributed by atoms with Crippen LogP contribution in [-0.4, -0.2) is 60.6 Å². The van der Waals surface area contributed by atoms with Gasteiger partial charge in [-0.05, 0) is 24.6 Å². The summed E-state index contributed by atoms with van der Waals surface area (Å²) < 4.78 is 11.1. The van der Waals surface area contributed by atoms with Crippen molar-refractivity contribution >= 4 is 17.2 Å². The zero-order chi connectivity index (χ0) is 21.7. The summed E-state index contributed by atoms with van der Waals surface area (Å²) in [7, 11) is 1.63. The third-order valence-electron chi connectivity index (χ3n) is 5.20. The van der Waals surface area contributed by atoms with Crippen molar-refractivity contribution in [2.75, 3.05) is 39.9 Å². The molecule has 0 bridgehead atoms. The molecular weight excluding hydrogens is 398 g/mol. The van der Waals surface area contributed by atoms with Crippen LogP contribution in [0.5, 0.6) is 11.5 Å². The van der Waals surface area contributed by atoms with E-state index in [0.717, 1.165) is 44.0 Å². The molecule has 1 aromatic heterocycles. The van der Waals surface area contributed by atoms with Gasteiger partial charge in [-0.1, -0.05) is 26.8 Å². The lowest BCUT2D eigenvalue weighted by atomic mass is 9.98. The number of aromatic nitrogens is 1.